The fourth-order valence-corrected chi connectivity index (χ4v) is 2.44. The van der Waals surface area contributed by atoms with E-state index < -0.39 is 0 Å². The van der Waals surface area contributed by atoms with Crippen LogP contribution in [0.15, 0.2) is 42.7 Å². The predicted molar refractivity (Wildman–Crippen MR) is 94.8 cm³/mol. The van der Waals surface area contributed by atoms with Crippen molar-refractivity contribution in [3.05, 3.63) is 59.4 Å². The van der Waals surface area contributed by atoms with Gasteiger partial charge >= 0.3 is 6.03 Å². The molecule has 1 heterocycles. The van der Waals surface area contributed by atoms with Gasteiger partial charge in [-0.3, -0.25) is 4.98 Å². The first-order chi connectivity index (χ1) is 11.2. The first kappa shape index (κ1) is 17.0. The Hall–Kier alpha value is -2.36. The molecule has 0 radical (unpaired) electrons. The second kappa shape index (κ2) is 8.93. The van der Waals surface area contributed by atoms with Crippen LogP contribution in [-0.4, -0.2) is 17.6 Å². The Balaban J connectivity index is 1.80. The summed E-state index contributed by atoms with van der Waals surface area (Å²) in [6.45, 7) is 4.82. The van der Waals surface area contributed by atoms with Crippen LogP contribution in [0.4, 0.5) is 10.5 Å². The Morgan fingerprint density at radius 3 is 2.57 bits per heavy atom. The van der Waals surface area contributed by atoms with E-state index in [1.807, 2.05) is 25.1 Å². The van der Waals surface area contributed by atoms with Gasteiger partial charge in [0.15, 0.2) is 0 Å². The first-order valence-electron chi connectivity index (χ1n) is 8.22. The highest BCUT2D eigenvalue weighted by molar-refractivity contribution is 5.90. The summed E-state index contributed by atoms with van der Waals surface area (Å²) in [7, 11) is 0. The second-order valence-electron chi connectivity index (χ2n) is 5.74. The number of unbranched alkanes of at least 4 members (excludes halogenated alkanes) is 1. The lowest BCUT2D eigenvalue weighted by atomic mass is 10.0. The molecule has 2 N–H and O–H groups in total. The van der Waals surface area contributed by atoms with Crippen LogP contribution in [0.5, 0.6) is 0 Å². The Labute approximate surface area is 138 Å². The Kier molecular flexibility index (Phi) is 6.60. The number of pyridine rings is 1. The predicted octanol–water partition coefficient (Wildman–Crippen LogP) is 4.10. The smallest absolute Gasteiger partial charge is 0.319 e. The zero-order chi connectivity index (χ0) is 16.5. The number of aromatic nitrogens is 1. The Bertz CT molecular complexity index is 626. The molecule has 1 aromatic carbocycles. The number of carbonyl (C=O) groups excluding carboxylic acids is 1. The maximum atomic E-state index is 12.0. The van der Waals surface area contributed by atoms with Gasteiger partial charge in [-0.25, -0.2) is 4.79 Å². The van der Waals surface area contributed by atoms with E-state index in [0.717, 1.165) is 29.7 Å². The molecule has 0 aliphatic carbocycles. The molecule has 23 heavy (non-hydrogen) atoms. The lowest BCUT2D eigenvalue weighted by molar-refractivity contribution is 0.252. The molecule has 0 unspecified atom stereocenters. The maximum absolute atomic E-state index is 12.0. The summed E-state index contributed by atoms with van der Waals surface area (Å²) in [6, 6.07) is 9.99. The Morgan fingerprint density at radius 1 is 1.09 bits per heavy atom. The number of rotatable bonds is 7. The van der Waals surface area contributed by atoms with Gasteiger partial charge in [-0.15, -0.1) is 0 Å². The minimum Gasteiger partial charge on any atom is -0.338 e. The highest BCUT2D eigenvalue weighted by Crippen LogP contribution is 2.17. The van der Waals surface area contributed by atoms with Gasteiger partial charge in [0.2, 0.25) is 0 Å². The molecule has 1 aromatic heterocycles. The fraction of sp³-hybridized carbons (Fsp3) is 0.368. The number of hydrogen-bond donors (Lipinski definition) is 2. The van der Waals surface area contributed by atoms with E-state index in [1.165, 1.54) is 18.4 Å². The van der Waals surface area contributed by atoms with E-state index in [-0.39, 0.29) is 6.03 Å². The molecule has 2 amide bonds. The SMILES string of the molecule is CCCCc1ccc(NC(=O)NCCc2ccncc2)c(C)c1. The molecule has 0 aliphatic rings. The lowest BCUT2D eigenvalue weighted by Gasteiger charge is -2.11. The van der Waals surface area contributed by atoms with Crippen LogP contribution < -0.4 is 10.6 Å². The van der Waals surface area contributed by atoms with E-state index in [0.29, 0.717) is 6.54 Å². The number of benzene rings is 1. The van der Waals surface area contributed by atoms with Crippen molar-refractivity contribution in [2.45, 2.75) is 39.5 Å². The van der Waals surface area contributed by atoms with Crippen LogP contribution in [0, 0.1) is 6.92 Å². The number of nitrogens with zero attached hydrogens (tertiary/aromatic N) is 1. The van der Waals surface area contributed by atoms with Gasteiger partial charge < -0.3 is 10.6 Å². The Morgan fingerprint density at radius 2 is 1.87 bits per heavy atom. The van der Waals surface area contributed by atoms with E-state index in [1.54, 1.807) is 12.4 Å². The van der Waals surface area contributed by atoms with Gasteiger partial charge in [0, 0.05) is 24.6 Å². The molecular formula is C19H25N3O. The first-order valence-corrected chi connectivity index (χ1v) is 8.22. The number of hydrogen-bond acceptors (Lipinski definition) is 2. The van der Waals surface area contributed by atoms with Crippen molar-refractivity contribution in [2.75, 3.05) is 11.9 Å². The third-order valence-electron chi connectivity index (χ3n) is 3.81. The van der Waals surface area contributed by atoms with Gasteiger partial charge in [-0.1, -0.05) is 25.5 Å². The average Bonchev–Trinajstić information content (AvgIpc) is 2.56. The van der Waals surface area contributed by atoms with E-state index >= 15 is 0 Å². The van der Waals surface area contributed by atoms with Crippen molar-refractivity contribution in [2.24, 2.45) is 0 Å². The van der Waals surface area contributed by atoms with Crippen molar-refractivity contribution in [1.82, 2.24) is 10.3 Å². The summed E-state index contributed by atoms with van der Waals surface area (Å²) in [6.07, 6.45) is 7.80. The maximum Gasteiger partial charge on any atom is 0.319 e. The zero-order valence-electron chi connectivity index (χ0n) is 13.9. The summed E-state index contributed by atoms with van der Waals surface area (Å²) in [5, 5.41) is 5.80. The van der Waals surface area contributed by atoms with Gasteiger partial charge in [-0.2, -0.15) is 0 Å². The van der Waals surface area contributed by atoms with Crippen molar-refractivity contribution < 1.29 is 4.79 Å². The molecule has 122 valence electrons. The van der Waals surface area contributed by atoms with E-state index in [2.05, 4.69) is 34.7 Å². The number of anilines is 1. The van der Waals surface area contributed by atoms with E-state index in [9.17, 15) is 4.79 Å². The molecule has 0 spiro atoms. The van der Waals surface area contributed by atoms with Crippen LogP contribution in [0.1, 0.15) is 36.5 Å². The highest BCUT2D eigenvalue weighted by Gasteiger charge is 2.05. The van der Waals surface area contributed by atoms with Gasteiger partial charge in [0.1, 0.15) is 0 Å². The molecule has 2 aromatic rings. The van der Waals surface area contributed by atoms with Crippen molar-refractivity contribution >= 4 is 11.7 Å². The quantitative estimate of drug-likeness (QED) is 0.809. The minimum atomic E-state index is -0.163. The molecule has 0 fully saturated rings. The zero-order valence-corrected chi connectivity index (χ0v) is 13.9. The third kappa shape index (κ3) is 5.74. The summed E-state index contributed by atoms with van der Waals surface area (Å²) >= 11 is 0. The molecule has 4 heteroatoms. The van der Waals surface area contributed by atoms with Crippen LogP contribution in [0.25, 0.3) is 0 Å². The van der Waals surface area contributed by atoms with E-state index in [4.69, 9.17) is 0 Å². The number of amides is 2. The highest BCUT2D eigenvalue weighted by atomic mass is 16.2. The van der Waals surface area contributed by atoms with Crippen molar-refractivity contribution in [3.63, 3.8) is 0 Å². The minimum absolute atomic E-state index is 0.163. The average molecular weight is 311 g/mol. The van der Waals surface area contributed by atoms with Gasteiger partial charge in [-0.05, 0) is 61.1 Å². The van der Waals surface area contributed by atoms with Crippen LogP contribution in [0.3, 0.4) is 0 Å². The number of nitrogens with one attached hydrogen (secondary N) is 2. The summed E-state index contributed by atoms with van der Waals surface area (Å²) in [5.41, 5.74) is 4.46. The molecule has 2 rings (SSSR count). The van der Waals surface area contributed by atoms with Crippen LogP contribution >= 0.6 is 0 Å². The van der Waals surface area contributed by atoms with Crippen molar-refractivity contribution in [3.8, 4) is 0 Å². The molecule has 0 bridgehead atoms. The van der Waals surface area contributed by atoms with Gasteiger partial charge in [0.05, 0.1) is 0 Å². The molecule has 0 aliphatic heterocycles. The molecule has 0 atom stereocenters. The van der Waals surface area contributed by atoms with Gasteiger partial charge in [0.25, 0.3) is 0 Å². The molecule has 0 saturated heterocycles. The summed E-state index contributed by atoms with van der Waals surface area (Å²) in [5.74, 6) is 0. The van der Waals surface area contributed by atoms with Crippen molar-refractivity contribution in [1.29, 1.82) is 0 Å². The van der Waals surface area contributed by atoms with Crippen LogP contribution in [0.2, 0.25) is 0 Å². The number of aryl methyl sites for hydroxylation is 2. The topological polar surface area (TPSA) is 54.0 Å². The van der Waals surface area contributed by atoms with Crippen LogP contribution in [-0.2, 0) is 12.8 Å². The molecular weight excluding hydrogens is 286 g/mol. The number of urea groups is 1. The standard InChI is InChI=1S/C19H25N3O/c1-3-4-5-17-6-7-18(15(2)14-17)22-19(23)21-13-10-16-8-11-20-12-9-16/h6-9,11-12,14H,3-5,10,13H2,1-2H3,(H2,21,22,23). The molecule has 4 nitrogen and oxygen atoms in total. The lowest BCUT2D eigenvalue weighted by Crippen LogP contribution is -2.30. The monoisotopic (exact) mass is 311 g/mol. The molecule has 0 saturated carbocycles. The number of carbonyl (C=O) groups is 1. The largest absolute Gasteiger partial charge is 0.338 e. The summed E-state index contributed by atoms with van der Waals surface area (Å²) in [4.78, 5) is 16.0. The fourth-order valence-electron chi connectivity index (χ4n) is 2.44. The normalized spacial score (nSPS) is 10.3. The summed E-state index contributed by atoms with van der Waals surface area (Å²) < 4.78 is 0. The second-order valence-corrected chi connectivity index (χ2v) is 5.74. The third-order valence-corrected chi connectivity index (χ3v) is 3.81.